The molecule has 152 valence electrons. The highest BCUT2D eigenvalue weighted by Gasteiger charge is 2.37. The molecule has 2 atom stereocenters. The molecular weight excluding hydrogens is 378 g/mol. The Morgan fingerprint density at radius 3 is 2.52 bits per heavy atom. The average Bonchev–Trinajstić information content (AvgIpc) is 3.19. The standard InChI is InChI=1S/C24H29N3OS/c1-26(2)19-8-6-16(7-9-19)20-5-3-4-18-14-22(29-23(18)20)24(28)25-21-15-27-12-10-17(21)11-13-27/h3-9,17,21-22H,10-15H2,1-2H3,(H,25,28)/t21-,22?/m0/s1. The summed E-state index contributed by atoms with van der Waals surface area (Å²) in [5, 5.41) is 3.39. The van der Waals surface area contributed by atoms with Crippen LogP contribution in [0.3, 0.4) is 0 Å². The van der Waals surface area contributed by atoms with Gasteiger partial charge in [-0.15, -0.1) is 11.8 Å². The monoisotopic (exact) mass is 407 g/mol. The zero-order valence-electron chi connectivity index (χ0n) is 17.2. The van der Waals surface area contributed by atoms with Gasteiger partial charge in [-0.1, -0.05) is 30.3 Å². The molecule has 2 aromatic rings. The lowest BCUT2D eigenvalue weighted by molar-refractivity contribution is -0.122. The molecule has 4 heterocycles. The van der Waals surface area contributed by atoms with Crippen LogP contribution < -0.4 is 10.2 Å². The van der Waals surface area contributed by atoms with Crippen molar-refractivity contribution in [1.29, 1.82) is 0 Å². The Morgan fingerprint density at radius 1 is 1.10 bits per heavy atom. The van der Waals surface area contributed by atoms with Crippen LogP contribution in [-0.4, -0.2) is 55.8 Å². The highest BCUT2D eigenvalue weighted by molar-refractivity contribution is 8.01. The number of fused-ring (bicyclic) bond motifs is 4. The maximum atomic E-state index is 13.1. The summed E-state index contributed by atoms with van der Waals surface area (Å²) in [7, 11) is 4.12. The Morgan fingerprint density at radius 2 is 1.86 bits per heavy atom. The highest BCUT2D eigenvalue weighted by atomic mass is 32.2. The van der Waals surface area contributed by atoms with Crippen LogP contribution in [0.5, 0.6) is 0 Å². The van der Waals surface area contributed by atoms with Gasteiger partial charge in [-0.05, 0) is 67.1 Å². The topological polar surface area (TPSA) is 35.6 Å². The van der Waals surface area contributed by atoms with Crippen molar-refractivity contribution in [2.24, 2.45) is 5.92 Å². The number of amides is 1. The summed E-state index contributed by atoms with van der Waals surface area (Å²) in [6, 6.07) is 15.5. The molecule has 5 heteroatoms. The number of rotatable bonds is 4. The van der Waals surface area contributed by atoms with E-state index in [4.69, 9.17) is 0 Å². The minimum Gasteiger partial charge on any atom is -0.378 e. The fraction of sp³-hybridized carbons (Fsp3) is 0.458. The summed E-state index contributed by atoms with van der Waals surface area (Å²) in [5.74, 6) is 0.891. The van der Waals surface area contributed by atoms with Gasteiger partial charge in [-0.2, -0.15) is 0 Å². The number of nitrogens with one attached hydrogen (secondary N) is 1. The zero-order chi connectivity index (χ0) is 20.0. The molecule has 4 aliphatic rings. The lowest BCUT2D eigenvalue weighted by Crippen LogP contribution is -2.58. The Kier molecular flexibility index (Phi) is 5.04. The van der Waals surface area contributed by atoms with Crippen LogP contribution in [0.4, 0.5) is 5.69 Å². The van der Waals surface area contributed by atoms with Crippen LogP contribution in [0, 0.1) is 5.92 Å². The molecule has 1 N–H and O–H groups in total. The van der Waals surface area contributed by atoms with Crippen LogP contribution >= 0.6 is 11.8 Å². The quantitative estimate of drug-likeness (QED) is 0.839. The summed E-state index contributed by atoms with van der Waals surface area (Å²) in [4.78, 5) is 19.0. The van der Waals surface area contributed by atoms with E-state index in [1.165, 1.54) is 53.2 Å². The minimum atomic E-state index is -0.0114. The van der Waals surface area contributed by atoms with Gasteiger partial charge in [0.15, 0.2) is 0 Å². The van der Waals surface area contributed by atoms with Gasteiger partial charge in [0.05, 0.1) is 5.25 Å². The summed E-state index contributed by atoms with van der Waals surface area (Å²) in [6.45, 7) is 3.44. The van der Waals surface area contributed by atoms with Crippen molar-refractivity contribution in [2.75, 3.05) is 38.6 Å². The summed E-state index contributed by atoms with van der Waals surface area (Å²) in [5.41, 5.74) is 4.97. The number of piperidine rings is 3. The third-order valence-electron chi connectivity index (χ3n) is 6.73. The molecule has 3 saturated heterocycles. The number of nitrogens with zero attached hydrogens (tertiary/aromatic N) is 2. The molecule has 3 fully saturated rings. The molecule has 2 aromatic carbocycles. The van der Waals surface area contributed by atoms with Gasteiger partial charge in [0.2, 0.25) is 5.91 Å². The lowest BCUT2D eigenvalue weighted by Gasteiger charge is -2.45. The Balaban J connectivity index is 1.31. The van der Waals surface area contributed by atoms with E-state index in [1.807, 2.05) is 0 Å². The highest BCUT2D eigenvalue weighted by Crippen LogP contribution is 2.43. The molecule has 2 bridgehead atoms. The zero-order valence-corrected chi connectivity index (χ0v) is 18.0. The predicted octanol–water partition coefficient (Wildman–Crippen LogP) is 3.65. The Labute approximate surface area is 177 Å². The Hall–Kier alpha value is -1.98. The second kappa shape index (κ2) is 7.69. The first kappa shape index (κ1) is 19.0. The molecule has 0 spiro atoms. The molecular formula is C24H29N3OS. The molecule has 29 heavy (non-hydrogen) atoms. The summed E-state index contributed by atoms with van der Waals surface area (Å²) >= 11 is 1.75. The average molecular weight is 408 g/mol. The number of benzene rings is 2. The van der Waals surface area contributed by atoms with Gasteiger partial charge in [-0.25, -0.2) is 0 Å². The van der Waals surface area contributed by atoms with Gasteiger partial charge in [0, 0.05) is 37.3 Å². The molecule has 0 saturated carbocycles. The maximum absolute atomic E-state index is 13.1. The van der Waals surface area contributed by atoms with E-state index < -0.39 is 0 Å². The van der Waals surface area contributed by atoms with Crippen LogP contribution in [0.25, 0.3) is 11.1 Å². The molecule has 4 nitrogen and oxygen atoms in total. The van der Waals surface area contributed by atoms with E-state index in [2.05, 4.69) is 71.7 Å². The molecule has 1 amide bonds. The maximum Gasteiger partial charge on any atom is 0.234 e. The third-order valence-corrected chi connectivity index (χ3v) is 8.12. The van der Waals surface area contributed by atoms with Gasteiger partial charge in [0.1, 0.15) is 0 Å². The van der Waals surface area contributed by atoms with E-state index >= 15 is 0 Å². The molecule has 4 aliphatic heterocycles. The van der Waals surface area contributed by atoms with Crippen LogP contribution in [-0.2, 0) is 11.2 Å². The van der Waals surface area contributed by atoms with Crippen molar-refractivity contribution in [3.8, 4) is 11.1 Å². The normalized spacial score (nSPS) is 27.5. The van der Waals surface area contributed by atoms with E-state index in [1.54, 1.807) is 11.8 Å². The van der Waals surface area contributed by atoms with E-state index in [0.29, 0.717) is 12.0 Å². The third kappa shape index (κ3) is 3.66. The van der Waals surface area contributed by atoms with Crippen molar-refractivity contribution in [1.82, 2.24) is 10.2 Å². The number of hydrogen-bond donors (Lipinski definition) is 1. The van der Waals surface area contributed by atoms with E-state index in [-0.39, 0.29) is 11.2 Å². The number of thioether (sulfide) groups is 1. The van der Waals surface area contributed by atoms with Gasteiger partial charge in [0.25, 0.3) is 0 Å². The van der Waals surface area contributed by atoms with E-state index in [0.717, 1.165) is 13.0 Å². The molecule has 0 aromatic heterocycles. The van der Waals surface area contributed by atoms with Crippen LogP contribution in [0.2, 0.25) is 0 Å². The van der Waals surface area contributed by atoms with Gasteiger partial charge < -0.3 is 15.1 Å². The summed E-state index contributed by atoms with van der Waals surface area (Å²) in [6.07, 6.45) is 3.29. The van der Waals surface area contributed by atoms with Crippen LogP contribution in [0.15, 0.2) is 47.4 Å². The first-order chi connectivity index (χ1) is 14.1. The fourth-order valence-electron chi connectivity index (χ4n) is 4.99. The molecule has 1 unspecified atom stereocenters. The second-order valence-corrected chi connectivity index (χ2v) is 10.0. The van der Waals surface area contributed by atoms with Gasteiger partial charge >= 0.3 is 0 Å². The molecule has 6 rings (SSSR count). The lowest BCUT2D eigenvalue weighted by atomic mass is 9.84. The first-order valence-corrected chi connectivity index (χ1v) is 11.6. The number of carbonyl (C=O) groups is 1. The summed E-state index contributed by atoms with van der Waals surface area (Å²) < 4.78 is 0. The molecule has 0 aliphatic carbocycles. The van der Waals surface area contributed by atoms with Crippen molar-refractivity contribution >= 4 is 23.4 Å². The fourth-order valence-corrected chi connectivity index (χ4v) is 6.32. The minimum absolute atomic E-state index is 0.0114. The predicted molar refractivity (Wildman–Crippen MR) is 121 cm³/mol. The first-order valence-electron chi connectivity index (χ1n) is 10.7. The van der Waals surface area contributed by atoms with E-state index in [9.17, 15) is 4.79 Å². The van der Waals surface area contributed by atoms with Gasteiger partial charge in [-0.3, -0.25) is 4.79 Å². The number of carbonyl (C=O) groups excluding carboxylic acids is 1. The second-order valence-electron chi connectivity index (χ2n) is 8.80. The van der Waals surface area contributed by atoms with Crippen molar-refractivity contribution in [3.05, 3.63) is 48.0 Å². The van der Waals surface area contributed by atoms with Crippen molar-refractivity contribution in [2.45, 2.75) is 35.4 Å². The van der Waals surface area contributed by atoms with Crippen LogP contribution in [0.1, 0.15) is 18.4 Å². The SMILES string of the molecule is CN(C)c1ccc(-c2cccc3c2SC(C(=O)N[C@H]2CN4CCC2CC4)C3)cc1. The molecule has 0 radical (unpaired) electrons. The number of anilines is 1. The Bertz CT molecular complexity index is 903. The number of hydrogen-bond acceptors (Lipinski definition) is 4. The smallest absolute Gasteiger partial charge is 0.234 e. The van der Waals surface area contributed by atoms with Crippen molar-refractivity contribution in [3.63, 3.8) is 0 Å². The van der Waals surface area contributed by atoms with Crippen molar-refractivity contribution < 1.29 is 4.79 Å². The largest absolute Gasteiger partial charge is 0.378 e.